The molecule has 1 rings (SSSR count). The second kappa shape index (κ2) is 3.38. The lowest BCUT2D eigenvalue weighted by Gasteiger charge is -2.03. The van der Waals surface area contributed by atoms with Crippen molar-refractivity contribution in [2.24, 2.45) is 0 Å². The van der Waals surface area contributed by atoms with E-state index >= 15 is 0 Å². The normalized spacial score (nSPS) is 24.1. The average molecular weight is 138 g/mol. The molecule has 1 fully saturated rings. The van der Waals surface area contributed by atoms with Crippen molar-refractivity contribution in [2.45, 2.75) is 25.4 Å². The van der Waals surface area contributed by atoms with E-state index in [0.29, 0.717) is 6.61 Å². The molecule has 0 saturated carbocycles. The van der Waals surface area contributed by atoms with Crippen LogP contribution in [-0.4, -0.2) is 18.5 Å². The molecule has 2 nitrogen and oxygen atoms in total. The number of carbonyl (C=O) groups is 1. The van der Waals surface area contributed by atoms with E-state index in [2.05, 4.69) is 5.92 Å². The molecule has 0 amide bonds. The lowest BCUT2D eigenvalue weighted by atomic mass is 10.1. The number of hydrogen-bond donors (Lipinski definition) is 0. The molecule has 0 aliphatic carbocycles. The zero-order valence-electron chi connectivity index (χ0n) is 5.80. The van der Waals surface area contributed by atoms with Crippen molar-refractivity contribution >= 4 is 5.78 Å². The van der Waals surface area contributed by atoms with Gasteiger partial charge in [0, 0.05) is 6.61 Å². The van der Waals surface area contributed by atoms with Crippen LogP contribution in [0.15, 0.2) is 0 Å². The summed E-state index contributed by atoms with van der Waals surface area (Å²) in [7, 11) is 0. The van der Waals surface area contributed by atoms with Gasteiger partial charge in [0.25, 0.3) is 0 Å². The molecular formula is C8H10O2. The lowest BCUT2D eigenvalue weighted by Crippen LogP contribution is -2.18. The number of ketones is 1. The zero-order chi connectivity index (χ0) is 7.40. The predicted octanol–water partition coefficient (Wildman–Crippen LogP) is 0.758. The summed E-state index contributed by atoms with van der Waals surface area (Å²) in [5.74, 6) is 2.37. The standard InChI is InChI=1S/C8H10O2/c1-2-4-7(9)8-5-3-6-10-8/h1,8H,3-6H2. The molecule has 1 saturated heterocycles. The highest BCUT2D eigenvalue weighted by Crippen LogP contribution is 2.13. The summed E-state index contributed by atoms with van der Waals surface area (Å²) in [6, 6.07) is 0. The van der Waals surface area contributed by atoms with E-state index in [9.17, 15) is 4.79 Å². The molecule has 0 aromatic carbocycles. The molecule has 1 unspecified atom stereocenters. The summed E-state index contributed by atoms with van der Waals surface area (Å²) < 4.78 is 5.12. The fraction of sp³-hybridized carbons (Fsp3) is 0.625. The number of rotatable bonds is 2. The van der Waals surface area contributed by atoms with Crippen LogP contribution in [0.2, 0.25) is 0 Å². The Morgan fingerprint density at radius 1 is 1.80 bits per heavy atom. The van der Waals surface area contributed by atoms with Gasteiger partial charge in [-0.1, -0.05) is 5.92 Å². The third-order valence-corrected chi connectivity index (χ3v) is 1.57. The van der Waals surface area contributed by atoms with E-state index in [1.807, 2.05) is 0 Å². The van der Waals surface area contributed by atoms with Crippen LogP contribution in [0.25, 0.3) is 0 Å². The molecule has 0 spiro atoms. The number of ether oxygens (including phenoxy) is 1. The molecule has 10 heavy (non-hydrogen) atoms. The Bertz CT molecular complexity index is 161. The van der Waals surface area contributed by atoms with Crippen LogP contribution < -0.4 is 0 Å². The molecule has 2 heteroatoms. The molecule has 0 bridgehead atoms. The van der Waals surface area contributed by atoms with Crippen molar-refractivity contribution in [3.8, 4) is 12.3 Å². The van der Waals surface area contributed by atoms with Gasteiger partial charge in [0.15, 0.2) is 5.78 Å². The van der Waals surface area contributed by atoms with E-state index in [1.165, 1.54) is 0 Å². The molecule has 1 aliphatic rings. The maximum Gasteiger partial charge on any atom is 0.173 e. The molecule has 0 N–H and O–H groups in total. The topological polar surface area (TPSA) is 26.3 Å². The first-order valence-electron chi connectivity index (χ1n) is 3.42. The maximum atomic E-state index is 11.0. The monoisotopic (exact) mass is 138 g/mol. The fourth-order valence-electron chi connectivity index (χ4n) is 1.05. The highest BCUT2D eigenvalue weighted by molar-refractivity contribution is 5.85. The van der Waals surface area contributed by atoms with Crippen molar-refractivity contribution in [1.82, 2.24) is 0 Å². The zero-order valence-corrected chi connectivity index (χ0v) is 5.80. The molecule has 54 valence electrons. The summed E-state index contributed by atoms with van der Waals surface area (Å²) in [6.07, 6.45) is 6.82. The van der Waals surface area contributed by atoms with Gasteiger partial charge in [-0.25, -0.2) is 0 Å². The third-order valence-electron chi connectivity index (χ3n) is 1.57. The summed E-state index contributed by atoms with van der Waals surface area (Å²) in [5.41, 5.74) is 0. The van der Waals surface area contributed by atoms with Gasteiger partial charge >= 0.3 is 0 Å². The highest BCUT2D eigenvalue weighted by atomic mass is 16.5. The van der Waals surface area contributed by atoms with Crippen molar-refractivity contribution in [3.05, 3.63) is 0 Å². The van der Waals surface area contributed by atoms with Crippen LogP contribution in [0.5, 0.6) is 0 Å². The van der Waals surface area contributed by atoms with Gasteiger partial charge in [-0.3, -0.25) is 4.79 Å². The Hall–Kier alpha value is -0.810. The van der Waals surface area contributed by atoms with Crippen molar-refractivity contribution < 1.29 is 9.53 Å². The largest absolute Gasteiger partial charge is 0.370 e. The van der Waals surface area contributed by atoms with Crippen LogP contribution in [0, 0.1) is 12.3 Å². The first kappa shape index (κ1) is 7.30. The Labute approximate surface area is 60.6 Å². The van der Waals surface area contributed by atoms with Crippen LogP contribution in [0.3, 0.4) is 0 Å². The van der Waals surface area contributed by atoms with E-state index in [0.717, 1.165) is 12.8 Å². The first-order valence-corrected chi connectivity index (χ1v) is 3.42. The Morgan fingerprint density at radius 3 is 3.10 bits per heavy atom. The minimum absolute atomic E-state index is 0.0556. The second-order valence-electron chi connectivity index (χ2n) is 2.35. The van der Waals surface area contributed by atoms with Gasteiger partial charge < -0.3 is 4.74 Å². The van der Waals surface area contributed by atoms with Gasteiger partial charge in [-0.2, -0.15) is 0 Å². The number of carbonyl (C=O) groups excluding carboxylic acids is 1. The Balaban J connectivity index is 2.34. The van der Waals surface area contributed by atoms with E-state index < -0.39 is 0 Å². The third kappa shape index (κ3) is 1.58. The minimum Gasteiger partial charge on any atom is -0.370 e. The van der Waals surface area contributed by atoms with Gasteiger partial charge in [-0.15, -0.1) is 6.42 Å². The summed E-state index contributed by atoms with van der Waals surface area (Å²) in [5, 5.41) is 0. The average Bonchev–Trinajstić information content (AvgIpc) is 2.38. The minimum atomic E-state index is -0.198. The van der Waals surface area contributed by atoms with Crippen molar-refractivity contribution in [2.75, 3.05) is 6.61 Å². The SMILES string of the molecule is C#CCC(=O)C1CCCO1. The van der Waals surface area contributed by atoms with E-state index in [4.69, 9.17) is 11.2 Å². The Kier molecular flexibility index (Phi) is 2.47. The van der Waals surface area contributed by atoms with Gasteiger partial charge in [-0.05, 0) is 12.8 Å². The van der Waals surface area contributed by atoms with Crippen LogP contribution in [-0.2, 0) is 9.53 Å². The van der Waals surface area contributed by atoms with E-state index in [1.54, 1.807) is 0 Å². The van der Waals surface area contributed by atoms with Crippen molar-refractivity contribution in [1.29, 1.82) is 0 Å². The molecule has 1 aliphatic heterocycles. The van der Waals surface area contributed by atoms with E-state index in [-0.39, 0.29) is 18.3 Å². The summed E-state index contributed by atoms with van der Waals surface area (Å²) in [4.78, 5) is 11.0. The summed E-state index contributed by atoms with van der Waals surface area (Å²) in [6.45, 7) is 0.709. The van der Waals surface area contributed by atoms with Crippen LogP contribution >= 0.6 is 0 Å². The van der Waals surface area contributed by atoms with Crippen LogP contribution in [0.1, 0.15) is 19.3 Å². The summed E-state index contributed by atoms with van der Waals surface area (Å²) >= 11 is 0. The maximum absolute atomic E-state index is 11.0. The predicted molar refractivity (Wildman–Crippen MR) is 37.4 cm³/mol. The molecule has 1 atom stereocenters. The smallest absolute Gasteiger partial charge is 0.173 e. The van der Waals surface area contributed by atoms with Gasteiger partial charge in [0.05, 0.1) is 6.42 Å². The molecule has 0 aromatic heterocycles. The first-order chi connectivity index (χ1) is 4.84. The number of hydrogen-bond acceptors (Lipinski definition) is 2. The molecule has 1 heterocycles. The highest BCUT2D eigenvalue weighted by Gasteiger charge is 2.21. The number of Topliss-reactive ketones (excluding diaryl/α,β-unsaturated/α-hetero) is 1. The lowest BCUT2D eigenvalue weighted by molar-refractivity contribution is -0.126. The van der Waals surface area contributed by atoms with Crippen molar-refractivity contribution in [3.63, 3.8) is 0 Å². The fourth-order valence-corrected chi connectivity index (χ4v) is 1.05. The number of terminal acetylenes is 1. The quantitative estimate of drug-likeness (QED) is 0.526. The molecule has 0 aromatic rings. The molecular weight excluding hydrogens is 128 g/mol. The van der Waals surface area contributed by atoms with Gasteiger partial charge in [0.2, 0.25) is 0 Å². The Morgan fingerprint density at radius 2 is 2.60 bits per heavy atom. The molecule has 0 radical (unpaired) electrons. The second-order valence-corrected chi connectivity index (χ2v) is 2.35. The van der Waals surface area contributed by atoms with Crippen LogP contribution in [0.4, 0.5) is 0 Å². The van der Waals surface area contributed by atoms with Gasteiger partial charge in [0.1, 0.15) is 6.10 Å².